The van der Waals surface area contributed by atoms with Gasteiger partial charge in [0.25, 0.3) is 10.0 Å². The molecule has 1 aliphatic carbocycles. The SMILES string of the molecule is CN(c1ccccc1)S(=O)(=O)c1cccc(NC(=O)Cc2ccc3c(c2)CCC3)c1. The number of hydrogen-bond acceptors (Lipinski definition) is 3. The van der Waals surface area contributed by atoms with Crippen molar-refractivity contribution in [3.8, 4) is 0 Å². The lowest BCUT2D eigenvalue weighted by molar-refractivity contribution is -0.115. The van der Waals surface area contributed by atoms with Crippen molar-refractivity contribution in [2.45, 2.75) is 30.6 Å². The van der Waals surface area contributed by atoms with Crippen molar-refractivity contribution in [3.63, 3.8) is 0 Å². The summed E-state index contributed by atoms with van der Waals surface area (Å²) in [5.41, 5.74) is 4.71. The van der Waals surface area contributed by atoms with Crippen LogP contribution in [0.15, 0.2) is 77.7 Å². The molecule has 5 nitrogen and oxygen atoms in total. The van der Waals surface area contributed by atoms with Crippen LogP contribution in [0.1, 0.15) is 23.1 Å². The molecule has 4 rings (SSSR count). The predicted octanol–water partition coefficient (Wildman–Crippen LogP) is 4.18. The maximum atomic E-state index is 13.0. The van der Waals surface area contributed by atoms with E-state index in [4.69, 9.17) is 0 Å². The summed E-state index contributed by atoms with van der Waals surface area (Å²) in [6.07, 6.45) is 3.61. The first-order valence-electron chi connectivity index (χ1n) is 9.98. The van der Waals surface area contributed by atoms with Gasteiger partial charge in [-0.25, -0.2) is 8.42 Å². The molecule has 3 aromatic carbocycles. The summed E-state index contributed by atoms with van der Waals surface area (Å²) in [5, 5.41) is 2.83. The number of aryl methyl sites for hydroxylation is 2. The third kappa shape index (κ3) is 4.24. The molecule has 154 valence electrons. The Hall–Kier alpha value is -3.12. The Bertz CT molecular complexity index is 1170. The Morgan fingerprint density at radius 3 is 2.50 bits per heavy atom. The van der Waals surface area contributed by atoms with Crippen LogP contribution >= 0.6 is 0 Å². The molecule has 0 radical (unpaired) electrons. The average molecular weight is 421 g/mol. The zero-order chi connectivity index (χ0) is 21.1. The lowest BCUT2D eigenvalue weighted by atomic mass is 10.0. The van der Waals surface area contributed by atoms with Gasteiger partial charge in [0.2, 0.25) is 5.91 Å². The molecule has 0 aliphatic heterocycles. The van der Waals surface area contributed by atoms with Crippen molar-refractivity contribution < 1.29 is 13.2 Å². The number of nitrogens with one attached hydrogen (secondary N) is 1. The molecule has 0 heterocycles. The highest BCUT2D eigenvalue weighted by Gasteiger charge is 2.21. The number of benzene rings is 3. The van der Waals surface area contributed by atoms with Gasteiger partial charge in [0.1, 0.15) is 0 Å². The monoisotopic (exact) mass is 420 g/mol. The van der Waals surface area contributed by atoms with Crippen molar-refractivity contribution in [2.24, 2.45) is 0 Å². The lowest BCUT2D eigenvalue weighted by Crippen LogP contribution is -2.26. The fraction of sp³-hybridized carbons (Fsp3) is 0.208. The van der Waals surface area contributed by atoms with E-state index in [9.17, 15) is 13.2 Å². The summed E-state index contributed by atoms with van der Waals surface area (Å²) in [5.74, 6) is -0.168. The third-order valence-electron chi connectivity index (χ3n) is 5.42. The Morgan fingerprint density at radius 1 is 0.933 bits per heavy atom. The number of amides is 1. The van der Waals surface area contributed by atoms with E-state index < -0.39 is 10.0 Å². The number of fused-ring (bicyclic) bond motifs is 1. The van der Waals surface area contributed by atoms with E-state index in [-0.39, 0.29) is 17.2 Å². The molecule has 0 saturated heterocycles. The van der Waals surface area contributed by atoms with Gasteiger partial charge in [-0.2, -0.15) is 0 Å². The molecule has 0 atom stereocenters. The maximum Gasteiger partial charge on any atom is 0.264 e. The van der Waals surface area contributed by atoms with Crippen LogP contribution in [0, 0.1) is 0 Å². The maximum absolute atomic E-state index is 13.0. The van der Waals surface area contributed by atoms with E-state index in [1.807, 2.05) is 12.1 Å². The van der Waals surface area contributed by atoms with E-state index in [0.717, 1.165) is 18.4 Å². The molecule has 0 bridgehead atoms. The summed E-state index contributed by atoms with van der Waals surface area (Å²) in [4.78, 5) is 12.7. The molecule has 0 fully saturated rings. The molecule has 1 N–H and O–H groups in total. The molecule has 0 unspecified atom stereocenters. The summed E-state index contributed by atoms with van der Waals surface area (Å²) in [6, 6.07) is 21.5. The van der Waals surface area contributed by atoms with Crippen LogP contribution in [0.25, 0.3) is 0 Å². The van der Waals surface area contributed by atoms with E-state index in [0.29, 0.717) is 11.4 Å². The van der Waals surface area contributed by atoms with Crippen molar-refractivity contribution in [2.75, 3.05) is 16.7 Å². The number of nitrogens with zero attached hydrogens (tertiary/aromatic N) is 1. The topological polar surface area (TPSA) is 66.5 Å². The number of para-hydroxylation sites is 1. The number of anilines is 2. The van der Waals surface area contributed by atoms with Crippen LogP contribution in [-0.2, 0) is 34.1 Å². The van der Waals surface area contributed by atoms with Gasteiger partial charge in [-0.05, 0) is 66.3 Å². The quantitative estimate of drug-likeness (QED) is 0.651. The minimum Gasteiger partial charge on any atom is -0.326 e. The summed E-state index contributed by atoms with van der Waals surface area (Å²) < 4.78 is 27.2. The van der Waals surface area contributed by atoms with Crippen molar-refractivity contribution in [3.05, 3.63) is 89.5 Å². The molecular formula is C24H24N2O3S. The standard InChI is InChI=1S/C24H24N2O3S/c1-26(22-10-3-2-4-11-22)30(28,29)23-12-6-9-21(17-23)25-24(27)16-18-13-14-19-7-5-8-20(19)15-18/h2-4,6,9-15,17H,5,7-8,16H2,1H3,(H,25,27). The second-order valence-electron chi connectivity index (χ2n) is 7.52. The predicted molar refractivity (Wildman–Crippen MR) is 119 cm³/mol. The van der Waals surface area contributed by atoms with Gasteiger partial charge in [0, 0.05) is 12.7 Å². The number of sulfonamides is 1. The summed E-state index contributed by atoms with van der Waals surface area (Å²) in [6.45, 7) is 0. The highest BCUT2D eigenvalue weighted by Crippen LogP contribution is 2.25. The van der Waals surface area contributed by atoms with Crippen molar-refractivity contribution in [1.29, 1.82) is 0 Å². The highest BCUT2D eigenvalue weighted by molar-refractivity contribution is 7.92. The molecule has 0 aromatic heterocycles. The average Bonchev–Trinajstić information content (AvgIpc) is 3.22. The van der Waals surface area contributed by atoms with Crippen molar-refractivity contribution >= 4 is 27.3 Å². The Balaban J connectivity index is 1.48. The lowest BCUT2D eigenvalue weighted by Gasteiger charge is -2.20. The van der Waals surface area contributed by atoms with Gasteiger partial charge < -0.3 is 5.32 Å². The molecule has 6 heteroatoms. The number of hydrogen-bond donors (Lipinski definition) is 1. The number of carbonyl (C=O) groups excluding carboxylic acids is 1. The van der Waals surface area contributed by atoms with Crippen molar-refractivity contribution in [1.82, 2.24) is 0 Å². The molecule has 3 aromatic rings. The van der Waals surface area contributed by atoms with Crippen LogP contribution in [0.4, 0.5) is 11.4 Å². The van der Waals surface area contributed by atoms with E-state index in [1.165, 1.54) is 41.0 Å². The molecule has 30 heavy (non-hydrogen) atoms. The van der Waals surface area contributed by atoms with Crippen LogP contribution in [-0.4, -0.2) is 21.4 Å². The molecular weight excluding hydrogens is 396 g/mol. The summed E-state index contributed by atoms with van der Waals surface area (Å²) >= 11 is 0. The minimum absolute atomic E-state index is 0.129. The zero-order valence-electron chi connectivity index (χ0n) is 16.8. The van der Waals surface area contributed by atoms with Crippen LogP contribution in [0.3, 0.4) is 0 Å². The first kappa shape index (κ1) is 20.2. The van der Waals surface area contributed by atoms with Gasteiger partial charge in [-0.3, -0.25) is 9.10 Å². The fourth-order valence-corrected chi connectivity index (χ4v) is 5.04. The van der Waals surface area contributed by atoms with E-state index in [1.54, 1.807) is 36.4 Å². The van der Waals surface area contributed by atoms with Gasteiger partial charge in [-0.15, -0.1) is 0 Å². The largest absolute Gasteiger partial charge is 0.326 e. The molecule has 1 aliphatic rings. The smallest absolute Gasteiger partial charge is 0.264 e. The zero-order valence-corrected chi connectivity index (χ0v) is 17.7. The summed E-state index contributed by atoms with van der Waals surface area (Å²) in [7, 11) is -2.22. The first-order valence-corrected chi connectivity index (χ1v) is 11.4. The fourth-order valence-electron chi connectivity index (χ4n) is 3.79. The first-order chi connectivity index (χ1) is 14.4. The third-order valence-corrected chi connectivity index (χ3v) is 7.21. The Morgan fingerprint density at radius 2 is 1.70 bits per heavy atom. The Labute approximate surface area is 177 Å². The van der Waals surface area contributed by atoms with Crippen LogP contribution in [0.2, 0.25) is 0 Å². The second-order valence-corrected chi connectivity index (χ2v) is 9.49. The second kappa shape index (κ2) is 8.32. The van der Waals surface area contributed by atoms with Crippen LogP contribution in [0.5, 0.6) is 0 Å². The Kier molecular flexibility index (Phi) is 5.59. The van der Waals surface area contributed by atoms with E-state index >= 15 is 0 Å². The van der Waals surface area contributed by atoms with Gasteiger partial charge in [-0.1, -0.05) is 42.5 Å². The molecule has 0 spiro atoms. The van der Waals surface area contributed by atoms with Crippen LogP contribution < -0.4 is 9.62 Å². The van der Waals surface area contributed by atoms with Gasteiger partial charge in [0.05, 0.1) is 17.0 Å². The minimum atomic E-state index is -3.73. The van der Waals surface area contributed by atoms with E-state index in [2.05, 4.69) is 17.4 Å². The number of rotatable bonds is 6. The molecule has 0 saturated carbocycles. The highest BCUT2D eigenvalue weighted by atomic mass is 32.2. The van der Waals surface area contributed by atoms with Gasteiger partial charge in [0.15, 0.2) is 0 Å². The normalized spacial score (nSPS) is 13.0. The van der Waals surface area contributed by atoms with Gasteiger partial charge >= 0.3 is 0 Å². The molecule has 1 amide bonds. The number of carbonyl (C=O) groups is 1.